The van der Waals surface area contributed by atoms with Gasteiger partial charge in [0, 0.05) is 43.9 Å². The van der Waals surface area contributed by atoms with E-state index in [1.807, 2.05) is 53.2 Å². The molecule has 2 aromatic carbocycles. The molecule has 1 fully saturated rings. The van der Waals surface area contributed by atoms with Gasteiger partial charge in [-0.1, -0.05) is 53.5 Å². The topological polar surface area (TPSA) is 87.5 Å². The van der Waals surface area contributed by atoms with E-state index in [0.29, 0.717) is 48.2 Å². The lowest BCUT2D eigenvalue weighted by Crippen LogP contribution is -2.47. The second-order valence-corrected chi connectivity index (χ2v) is 9.30. The van der Waals surface area contributed by atoms with Crippen LogP contribution in [-0.2, 0) is 22.6 Å². The van der Waals surface area contributed by atoms with Gasteiger partial charge in [0.15, 0.2) is 0 Å². The monoisotopic (exact) mass is 500 g/mol. The number of halogens is 2. The Morgan fingerprint density at radius 3 is 2.50 bits per heavy atom. The SMILES string of the molecule is O=C(N[C@@H](Cc1cn(Cc2ccccc2)cn1)C(=O)O)C1CCN(c2ccc(Cl)c(Cl)c2)CC1. The van der Waals surface area contributed by atoms with Crippen molar-refractivity contribution in [1.82, 2.24) is 14.9 Å². The molecule has 9 heteroatoms. The van der Waals surface area contributed by atoms with Crippen molar-refractivity contribution in [3.63, 3.8) is 0 Å². The van der Waals surface area contributed by atoms with E-state index >= 15 is 0 Å². The summed E-state index contributed by atoms with van der Waals surface area (Å²) in [6.07, 6.45) is 4.89. The summed E-state index contributed by atoms with van der Waals surface area (Å²) in [6.45, 7) is 2.00. The predicted molar refractivity (Wildman–Crippen MR) is 132 cm³/mol. The molecule has 1 aromatic heterocycles. The van der Waals surface area contributed by atoms with Crippen LogP contribution >= 0.6 is 23.2 Å². The number of imidazole rings is 1. The lowest BCUT2D eigenvalue weighted by atomic mass is 9.95. The van der Waals surface area contributed by atoms with E-state index in [0.717, 1.165) is 11.3 Å². The van der Waals surface area contributed by atoms with Gasteiger partial charge in [-0.05, 0) is 36.6 Å². The first-order chi connectivity index (χ1) is 16.4. The highest BCUT2D eigenvalue weighted by molar-refractivity contribution is 6.42. The highest BCUT2D eigenvalue weighted by atomic mass is 35.5. The minimum Gasteiger partial charge on any atom is -0.480 e. The molecule has 0 radical (unpaired) electrons. The Bertz CT molecular complexity index is 1140. The van der Waals surface area contributed by atoms with Crippen molar-refractivity contribution in [2.75, 3.05) is 18.0 Å². The van der Waals surface area contributed by atoms with E-state index in [1.165, 1.54) is 0 Å². The number of aliphatic carboxylic acids is 1. The Hall–Kier alpha value is -3.03. The van der Waals surface area contributed by atoms with Crippen molar-refractivity contribution >= 4 is 40.8 Å². The number of aromatic nitrogens is 2. The summed E-state index contributed by atoms with van der Waals surface area (Å²) < 4.78 is 1.91. The number of benzene rings is 2. The molecule has 178 valence electrons. The minimum atomic E-state index is -1.07. The molecule has 0 aliphatic carbocycles. The van der Waals surface area contributed by atoms with Gasteiger partial charge in [-0.3, -0.25) is 4.79 Å². The molecule has 1 amide bonds. The van der Waals surface area contributed by atoms with E-state index in [-0.39, 0.29) is 18.2 Å². The zero-order valence-corrected chi connectivity index (χ0v) is 20.0. The fraction of sp³-hybridized carbons (Fsp3) is 0.320. The number of nitrogens with zero attached hydrogens (tertiary/aromatic N) is 3. The van der Waals surface area contributed by atoms with Gasteiger partial charge < -0.3 is 19.9 Å². The quantitative estimate of drug-likeness (QED) is 0.482. The van der Waals surface area contributed by atoms with Crippen LogP contribution in [0.25, 0.3) is 0 Å². The first kappa shape index (κ1) is 24.1. The zero-order valence-electron chi connectivity index (χ0n) is 18.5. The maximum Gasteiger partial charge on any atom is 0.326 e. The molecule has 0 unspecified atom stereocenters. The van der Waals surface area contributed by atoms with Crippen molar-refractivity contribution in [2.24, 2.45) is 5.92 Å². The van der Waals surface area contributed by atoms with Gasteiger partial charge in [0.2, 0.25) is 5.91 Å². The Kier molecular flexibility index (Phi) is 7.75. The number of nitrogens with one attached hydrogen (secondary N) is 1. The molecule has 0 spiro atoms. The lowest BCUT2D eigenvalue weighted by molar-refractivity contribution is -0.142. The van der Waals surface area contributed by atoms with Gasteiger partial charge in [-0.15, -0.1) is 0 Å². The van der Waals surface area contributed by atoms with Crippen molar-refractivity contribution < 1.29 is 14.7 Å². The summed E-state index contributed by atoms with van der Waals surface area (Å²) in [5, 5.41) is 13.4. The van der Waals surface area contributed by atoms with Crippen molar-refractivity contribution in [2.45, 2.75) is 31.8 Å². The highest BCUT2D eigenvalue weighted by Gasteiger charge is 2.29. The molecule has 1 saturated heterocycles. The summed E-state index contributed by atoms with van der Waals surface area (Å²) in [7, 11) is 0. The first-order valence-electron chi connectivity index (χ1n) is 11.2. The number of hydrogen-bond donors (Lipinski definition) is 2. The molecule has 1 aliphatic rings. The average molecular weight is 501 g/mol. The van der Waals surface area contributed by atoms with Crippen LogP contribution < -0.4 is 10.2 Å². The molecule has 1 aliphatic heterocycles. The van der Waals surface area contributed by atoms with Gasteiger partial charge in [-0.2, -0.15) is 0 Å². The Balaban J connectivity index is 1.31. The third-order valence-electron chi connectivity index (χ3n) is 6.06. The summed E-state index contributed by atoms with van der Waals surface area (Å²) in [6, 6.07) is 14.4. The van der Waals surface area contributed by atoms with Crippen LogP contribution in [0, 0.1) is 5.92 Å². The van der Waals surface area contributed by atoms with E-state index in [4.69, 9.17) is 23.2 Å². The van der Waals surface area contributed by atoms with Gasteiger partial charge in [0.25, 0.3) is 0 Å². The molecule has 2 heterocycles. The number of rotatable bonds is 8. The molecule has 3 aromatic rings. The molecule has 0 bridgehead atoms. The number of anilines is 1. The van der Waals surface area contributed by atoms with Crippen LogP contribution in [0.5, 0.6) is 0 Å². The Labute approximate surface area is 208 Å². The van der Waals surface area contributed by atoms with E-state index in [1.54, 1.807) is 12.4 Å². The standard InChI is InChI=1S/C25H26Cl2N4O3/c26-21-7-6-20(13-22(21)27)31-10-8-18(9-11-31)24(32)29-23(25(33)34)12-19-15-30(16-28-19)14-17-4-2-1-3-5-17/h1-7,13,15-16,18,23H,8-12,14H2,(H,29,32)(H,33,34)/t23-/m0/s1. The summed E-state index contributed by atoms with van der Waals surface area (Å²) in [5.74, 6) is -1.54. The average Bonchev–Trinajstić information content (AvgIpc) is 3.27. The molecule has 34 heavy (non-hydrogen) atoms. The largest absolute Gasteiger partial charge is 0.480 e. The van der Waals surface area contributed by atoms with Gasteiger partial charge in [-0.25, -0.2) is 9.78 Å². The van der Waals surface area contributed by atoms with Crippen LogP contribution in [-0.4, -0.2) is 45.7 Å². The number of carbonyl (C=O) groups excluding carboxylic acids is 1. The fourth-order valence-electron chi connectivity index (χ4n) is 4.17. The van der Waals surface area contributed by atoms with Crippen LogP contribution in [0.2, 0.25) is 10.0 Å². The zero-order chi connectivity index (χ0) is 24.1. The Morgan fingerprint density at radius 1 is 1.09 bits per heavy atom. The number of carboxylic acid groups (broad SMARTS) is 1. The summed E-state index contributed by atoms with van der Waals surface area (Å²) in [4.78, 5) is 31.2. The van der Waals surface area contributed by atoms with Crippen LogP contribution in [0.1, 0.15) is 24.1 Å². The molecule has 2 N–H and O–H groups in total. The normalized spacial score (nSPS) is 15.2. The second kappa shape index (κ2) is 10.9. The molecule has 0 saturated carbocycles. The summed E-state index contributed by atoms with van der Waals surface area (Å²) in [5.41, 5.74) is 2.71. The molecule has 1 atom stereocenters. The third-order valence-corrected chi connectivity index (χ3v) is 6.80. The first-order valence-corrected chi connectivity index (χ1v) is 11.9. The minimum absolute atomic E-state index is 0.130. The maximum atomic E-state index is 12.8. The van der Waals surface area contributed by atoms with Gasteiger partial charge in [0.05, 0.1) is 22.1 Å². The van der Waals surface area contributed by atoms with E-state index in [9.17, 15) is 14.7 Å². The van der Waals surface area contributed by atoms with E-state index in [2.05, 4.69) is 15.2 Å². The third kappa shape index (κ3) is 6.10. The molecule has 7 nitrogen and oxygen atoms in total. The van der Waals surface area contributed by atoms with Crippen molar-refractivity contribution in [1.29, 1.82) is 0 Å². The number of hydrogen-bond acceptors (Lipinski definition) is 4. The number of carbonyl (C=O) groups is 2. The lowest BCUT2D eigenvalue weighted by Gasteiger charge is -2.33. The van der Waals surface area contributed by atoms with Gasteiger partial charge >= 0.3 is 5.97 Å². The van der Waals surface area contributed by atoms with Gasteiger partial charge in [0.1, 0.15) is 6.04 Å². The molecule has 4 rings (SSSR count). The number of carboxylic acids is 1. The highest BCUT2D eigenvalue weighted by Crippen LogP contribution is 2.30. The summed E-state index contributed by atoms with van der Waals surface area (Å²) >= 11 is 12.1. The molecular weight excluding hydrogens is 475 g/mol. The fourth-order valence-corrected chi connectivity index (χ4v) is 4.47. The Morgan fingerprint density at radius 2 is 1.82 bits per heavy atom. The molecular formula is C25H26Cl2N4O3. The van der Waals surface area contributed by atoms with E-state index < -0.39 is 12.0 Å². The van der Waals surface area contributed by atoms with Crippen LogP contribution in [0.3, 0.4) is 0 Å². The van der Waals surface area contributed by atoms with Crippen LogP contribution in [0.15, 0.2) is 61.1 Å². The number of amides is 1. The van der Waals surface area contributed by atoms with Crippen LogP contribution in [0.4, 0.5) is 5.69 Å². The smallest absolute Gasteiger partial charge is 0.326 e. The van der Waals surface area contributed by atoms with Crippen molar-refractivity contribution in [3.05, 3.63) is 82.4 Å². The second-order valence-electron chi connectivity index (χ2n) is 8.49. The predicted octanol–water partition coefficient (Wildman–Crippen LogP) is 4.27. The number of piperidine rings is 1. The maximum absolute atomic E-state index is 12.8. The van der Waals surface area contributed by atoms with Crippen molar-refractivity contribution in [3.8, 4) is 0 Å².